The molecule has 2 heterocycles. The second-order valence-electron chi connectivity index (χ2n) is 4.77. The molecule has 2 unspecified atom stereocenters. The SMILES string of the molecule is N[C@@H](CC(=O)O)C(=O)N1C2CCCC1CC2. The fraction of sp³-hybridized carbons (Fsp3) is 0.818. The van der Waals surface area contributed by atoms with Crippen molar-refractivity contribution in [2.45, 2.75) is 56.7 Å². The van der Waals surface area contributed by atoms with Crippen molar-refractivity contribution in [2.24, 2.45) is 5.73 Å². The van der Waals surface area contributed by atoms with Crippen molar-refractivity contribution in [1.82, 2.24) is 4.90 Å². The van der Waals surface area contributed by atoms with Crippen LogP contribution in [-0.2, 0) is 9.59 Å². The molecule has 0 saturated carbocycles. The van der Waals surface area contributed by atoms with Crippen LogP contribution in [0.4, 0.5) is 0 Å². The summed E-state index contributed by atoms with van der Waals surface area (Å²) in [6.45, 7) is 0. The number of carbonyl (C=O) groups is 2. The predicted molar refractivity (Wildman–Crippen MR) is 57.7 cm³/mol. The van der Waals surface area contributed by atoms with Gasteiger partial charge in [-0.15, -0.1) is 0 Å². The average molecular weight is 226 g/mol. The lowest BCUT2D eigenvalue weighted by atomic mass is 10.0. The molecule has 2 rings (SSSR count). The molecule has 0 aromatic carbocycles. The molecule has 0 radical (unpaired) electrons. The highest BCUT2D eigenvalue weighted by atomic mass is 16.4. The van der Waals surface area contributed by atoms with Gasteiger partial charge in [0.1, 0.15) is 0 Å². The quantitative estimate of drug-likeness (QED) is 0.726. The largest absolute Gasteiger partial charge is 0.481 e. The van der Waals surface area contributed by atoms with Gasteiger partial charge in [0.25, 0.3) is 0 Å². The molecule has 2 fully saturated rings. The molecule has 2 bridgehead atoms. The lowest BCUT2D eigenvalue weighted by molar-refractivity contribution is -0.143. The highest BCUT2D eigenvalue weighted by molar-refractivity contribution is 5.86. The summed E-state index contributed by atoms with van der Waals surface area (Å²) in [6, 6.07) is -0.254. The van der Waals surface area contributed by atoms with Gasteiger partial charge in [-0.2, -0.15) is 0 Å². The first-order valence-corrected chi connectivity index (χ1v) is 5.89. The predicted octanol–water partition coefficient (Wildman–Crippen LogP) is 0.332. The molecule has 16 heavy (non-hydrogen) atoms. The van der Waals surface area contributed by atoms with E-state index in [0.29, 0.717) is 12.1 Å². The van der Waals surface area contributed by atoms with E-state index in [9.17, 15) is 9.59 Å². The van der Waals surface area contributed by atoms with Crippen molar-refractivity contribution in [2.75, 3.05) is 0 Å². The van der Waals surface area contributed by atoms with Crippen molar-refractivity contribution in [3.05, 3.63) is 0 Å². The molecule has 0 aromatic heterocycles. The molecule has 5 heteroatoms. The molecule has 3 atom stereocenters. The van der Waals surface area contributed by atoms with Crippen LogP contribution in [0.1, 0.15) is 38.5 Å². The lowest BCUT2D eigenvalue weighted by Crippen LogP contribution is -2.51. The van der Waals surface area contributed by atoms with Gasteiger partial charge in [0.2, 0.25) is 5.91 Å². The van der Waals surface area contributed by atoms with Crippen molar-refractivity contribution in [1.29, 1.82) is 0 Å². The van der Waals surface area contributed by atoms with Gasteiger partial charge in [0.15, 0.2) is 0 Å². The van der Waals surface area contributed by atoms with E-state index in [1.807, 2.05) is 4.90 Å². The molecule has 0 aliphatic carbocycles. The minimum atomic E-state index is -1.01. The van der Waals surface area contributed by atoms with Gasteiger partial charge < -0.3 is 15.7 Å². The molecule has 1 amide bonds. The first-order chi connectivity index (χ1) is 7.59. The number of carboxylic acid groups (broad SMARTS) is 1. The Balaban J connectivity index is 2.01. The molecule has 5 nitrogen and oxygen atoms in total. The molecule has 2 aliphatic rings. The van der Waals surface area contributed by atoms with E-state index in [1.165, 1.54) is 6.42 Å². The normalized spacial score (nSPS) is 30.2. The highest BCUT2D eigenvalue weighted by Gasteiger charge is 2.41. The Morgan fingerprint density at radius 2 is 1.81 bits per heavy atom. The Morgan fingerprint density at radius 3 is 2.31 bits per heavy atom. The standard InChI is InChI=1S/C11H18N2O3/c12-9(6-10(14)15)11(16)13-7-2-1-3-8(13)5-4-7/h7-9H,1-6,12H2,(H,14,15)/t7?,8?,9-/m0/s1. The van der Waals surface area contributed by atoms with Crippen LogP contribution in [-0.4, -0.2) is 40.0 Å². The number of nitrogens with zero attached hydrogens (tertiary/aromatic N) is 1. The maximum atomic E-state index is 12.0. The van der Waals surface area contributed by atoms with Crippen LogP contribution in [0.2, 0.25) is 0 Å². The van der Waals surface area contributed by atoms with E-state index < -0.39 is 12.0 Å². The van der Waals surface area contributed by atoms with Gasteiger partial charge >= 0.3 is 5.97 Å². The zero-order chi connectivity index (χ0) is 11.7. The summed E-state index contributed by atoms with van der Waals surface area (Å²) in [4.78, 5) is 24.4. The number of fused-ring (bicyclic) bond motifs is 2. The maximum Gasteiger partial charge on any atom is 0.305 e. The van der Waals surface area contributed by atoms with Gasteiger partial charge in [-0.25, -0.2) is 0 Å². The molecular weight excluding hydrogens is 208 g/mol. The molecular formula is C11H18N2O3. The summed E-state index contributed by atoms with van der Waals surface area (Å²) in [5.74, 6) is -1.18. The zero-order valence-corrected chi connectivity index (χ0v) is 9.26. The number of rotatable bonds is 3. The van der Waals surface area contributed by atoms with Crippen molar-refractivity contribution in [3.63, 3.8) is 0 Å². The number of carboxylic acids is 1. The second-order valence-corrected chi connectivity index (χ2v) is 4.77. The molecule has 0 spiro atoms. The summed E-state index contributed by atoms with van der Waals surface area (Å²) < 4.78 is 0. The van der Waals surface area contributed by atoms with Gasteiger partial charge in [-0.05, 0) is 32.1 Å². The van der Waals surface area contributed by atoms with Crippen LogP contribution >= 0.6 is 0 Å². The van der Waals surface area contributed by atoms with Crippen LogP contribution in [0.25, 0.3) is 0 Å². The lowest BCUT2D eigenvalue weighted by Gasteiger charge is -2.36. The highest BCUT2D eigenvalue weighted by Crippen LogP contribution is 2.35. The van der Waals surface area contributed by atoms with Crippen LogP contribution < -0.4 is 5.73 Å². The van der Waals surface area contributed by atoms with Crippen molar-refractivity contribution < 1.29 is 14.7 Å². The Kier molecular flexibility index (Phi) is 3.14. The fourth-order valence-corrected chi connectivity index (χ4v) is 2.94. The first kappa shape index (κ1) is 11.4. The summed E-state index contributed by atoms with van der Waals surface area (Å²) >= 11 is 0. The summed E-state index contributed by atoms with van der Waals surface area (Å²) in [6.07, 6.45) is 5.10. The number of nitrogens with two attached hydrogens (primary N) is 1. The summed E-state index contributed by atoms with van der Waals surface area (Å²) in [7, 11) is 0. The Hall–Kier alpha value is -1.10. The van der Waals surface area contributed by atoms with Crippen LogP contribution in [0.3, 0.4) is 0 Å². The monoisotopic (exact) mass is 226 g/mol. The van der Waals surface area contributed by atoms with Gasteiger partial charge in [0, 0.05) is 12.1 Å². The molecule has 3 N–H and O–H groups in total. The molecule has 2 aliphatic heterocycles. The third-order valence-electron chi connectivity index (χ3n) is 3.66. The third-order valence-corrected chi connectivity index (χ3v) is 3.66. The number of carbonyl (C=O) groups excluding carboxylic acids is 1. The number of piperidine rings is 1. The zero-order valence-electron chi connectivity index (χ0n) is 9.26. The van der Waals surface area contributed by atoms with E-state index >= 15 is 0 Å². The van der Waals surface area contributed by atoms with E-state index in [1.54, 1.807) is 0 Å². The molecule has 2 saturated heterocycles. The third kappa shape index (κ3) is 2.04. The van der Waals surface area contributed by atoms with E-state index in [2.05, 4.69) is 0 Å². The first-order valence-electron chi connectivity index (χ1n) is 5.89. The minimum Gasteiger partial charge on any atom is -0.481 e. The number of aliphatic carboxylic acids is 1. The van der Waals surface area contributed by atoms with Crippen LogP contribution in [0, 0.1) is 0 Å². The van der Waals surface area contributed by atoms with Crippen LogP contribution in [0.15, 0.2) is 0 Å². The minimum absolute atomic E-state index is 0.172. The van der Waals surface area contributed by atoms with Crippen LogP contribution in [0.5, 0.6) is 0 Å². The van der Waals surface area contributed by atoms with Crippen molar-refractivity contribution >= 4 is 11.9 Å². The number of hydrogen-bond acceptors (Lipinski definition) is 3. The number of hydrogen-bond donors (Lipinski definition) is 2. The summed E-state index contributed by atoms with van der Waals surface area (Å²) in [5, 5.41) is 8.63. The topological polar surface area (TPSA) is 83.6 Å². The van der Waals surface area contributed by atoms with E-state index in [-0.39, 0.29) is 12.3 Å². The van der Waals surface area contributed by atoms with Crippen molar-refractivity contribution in [3.8, 4) is 0 Å². The molecule has 0 aromatic rings. The maximum absolute atomic E-state index is 12.0. The second kappa shape index (κ2) is 4.41. The molecule has 90 valence electrons. The fourth-order valence-electron chi connectivity index (χ4n) is 2.94. The smallest absolute Gasteiger partial charge is 0.305 e. The van der Waals surface area contributed by atoms with E-state index in [0.717, 1.165) is 25.7 Å². The Labute approximate surface area is 94.6 Å². The Bertz CT molecular complexity index is 290. The van der Waals surface area contributed by atoms with Gasteiger partial charge in [0.05, 0.1) is 12.5 Å². The van der Waals surface area contributed by atoms with E-state index in [4.69, 9.17) is 10.8 Å². The van der Waals surface area contributed by atoms with Gasteiger partial charge in [-0.1, -0.05) is 0 Å². The summed E-state index contributed by atoms with van der Waals surface area (Å²) in [5.41, 5.74) is 5.63. The number of amides is 1. The Morgan fingerprint density at radius 1 is 1.25 bits per heavy atom. The van der Waals surface area contributed by atoms with Gasteiger partial charge in [-0.3, -0.25) is 9.59 Å². The average Bonchev–Trinajstić information content (AvgIpc) is 2.46.